The molecule has 2 rings (SSSR count). The number of benzene rings is 1. The Balaban J connectivity index is 2.41. The van der Waals surface area contributed by atoms with Crippen LogP contribution in [0.1, 0.15) is 32.3 Å². The second-order valence-electron chi connectivity index (χ2n) is 4.54. The summed E-state index contributed by atoms with van der Waals surface area (Å²) in [5.41, 5.74) is -0.962. The molecule has 2 nitrogen and oxygen atoms in total. The largest absolute Gasteiger partial charge is 0.478 e. The lowest BCUT2D eigenvalue weighted by molar-refractivity contribution is 0.258. The van der Waals surface area contributed by atoms with E-state index in [2.05, 4.69) is 4.99 Å². The van der Waals surface area contributed by atoms with Crippen LogP contribution in [0.5, 0.6) is 0 Å². The fraction of sp³-hybridized carbons (Fsp3) is 0.462. The van der Waals surface area contributed by atoms with Gasteiger partial charge in [0.2, 0.25) is 0 Å². The van der Waals surface area contributed by atoms with Gasteiger partial charge in [-0.1, -0.05) is 13.0 Å². The van der Waals surface area contributed by atoms with E-state index in [4.69, 9.17) is 4.74 Å². The first-order valence-corrected chi connectivity index (χ1v) is 5.83. The Hall–Kier alpha value is -1.52. The predicted molar refractivity (Wildman–Crippen MR) is 62.0 cm³/mol. The van der Waals surface area contributed by atoms with Gasteiger partial charge < -0.3 is 4.74 Å². The van der Waals surface area contributed by atoms with E-state index in [1.807, 2.05) is 6.92 Å². The van der Waals surface area contributed by atoms with Crippen LogP contribution in [0.4, 0.5) is 13.2 Å². The van der Waals surface area contributed by atoms with Crippen LogP contribution in [0.25, 0.3) is 0 Å². The molecule has 1 aliphatic rings. The lowest BCUT2D eigenvalue weighted by Gasteiger charge is -2.19. The molecule has 18 heavy (non-hydrogen) atoms. The number of rotatable bonds is 3. The van der Waals surface area contributed by atoms with Crippen molar-refractivity contribution in [2.24, 2.45) is 4.99 Å². The van der Waals surface area contributed by atoms with E-state index in [1.54, 1.807) is 6.92 Å². The van der Waals surface area contributed by atoms with Gasteiger partial charge in [-0.05, 0) is 19.4 Å². The SMILES string of the molecule is CCCC1=NC(C)(c2ccc(F)c(F)c2F)CO1. The van der Waals surface area contributed by atoms with E-state index >= 15 is 0 Å². The van der Waals surface area contributed by atoms with Gasteiger partial charge >= 0.3 is 0 Å². The average molecular weight is 257 g/mol. The van der Waals surface area contributed by atoms with Crippen LogP contribution in [0.2, 0.25) is 0 Å². The van der Waals surface area contributed by atoms with Gasteiger partial charge in [-0.3, -0.25) is 0 Å². The first-order valence-electron chi connectivity index (χ1n) is 5.83. The van der Waals surface area contributed by atoms with Crippen LogP contribution in [0.15, 0.2) is 17.1 Å². The minimum Gasteiger partial charge on any atom is -0.478 e. The van der Waals surface area contributed by atoms with Crippen molar-refractivity contribution in [1.82, 2.24) is 0 Å². The number of hydrogen-bond donors (Lipinski definition) is 0. The molecule has 5 heteroatoms. The second kappa shape index (κ2) is 4.63. The van der Waals surface area contributed by atoms with E-state index in [0.29, 0.717) is 12.3 Å². The molecule has 1 unspecified atom stereocenters. The molecule has 0 aromatic heterocycles. The highest BCUT2D eigenvalue weighted by Gasteiger charge is 2.37. The summed E-state index contributed by atoms with van der Waals surface area (Å²) in [6.45, 7) is 3.76. The number of nitrogens with zero attached hydrogens (tertiary/aromatic N) is 1. The Morgan fingerprint density at radius 3 is 2.67 bits per heavy atom. The maximum atomic E-state index is 13.7. The van der Waals surface area contributed by atoms with Crippen molar-refractivity contribution in [2.45, 2.75) is 32.2 Å². The molecule has 0 N–H and O–H groups in total. The van der Waals surface area contributed by atoms with Crippen molar-refractivity contribution < 1.29 is 17.9 Å². The van der Waals surface area contributed by atoms with E-state index in [9.17, 15) is 13.2 Å². The fourth-order valence-electron chi connectivity index (χ4n) is 1.99. The number of ether oxygens (including phenoxy) is 1. The van der Waals surface area contributed by atoms with E-state index < -0.39 is 23.0 Å². The minimum absolute atomic E-state index is 0.0208. The van der Waals surface area contributed by atoms with Crippen LogP contribution in [0.3, 0.4) is 0 Å². The zero-order chi connectivity index (χ0) is 13.3. The summed E-state index contributed by atoms with van der Waals surface area (Å²) in [5, 5.41) is 0. The van der Waals surface area contributed by atoms with E-state index in [-0.39, 0.29) is 12.2 Å². The Morgan fingerprint density at radius 2 is 2.00 bits per heavy atom. The molecule has 0 amide bonds. The van der Waals surface area contributed by atoms with Crippen LogP contribution >= 0.6 is 0 Å². The zero-order valence-corrected chi connectivity index (χ0v) is 10.3. The summed E-state index contributed by atoms with van der Waals surface area (Å²) in [7, 11) is 0. The molecule has 1 atom stereocenters. The molecule has 1 aromatic rings. The van der Waals surface area contributed by atoms with Crippen molar-refractivity contribution >= 4 is 5.90 Å². The molecule has 0 bridgehead atoms. The molecule has 0 radical (unpaired) electrons. The lowest BCUT2D eigenvalue weighted by Crippen LogP contribution is -2.23. The second-order valence-corrected chi connectivity index (χ2v) is 4.54. The third-order valence-electron chi connectivity index (χ3n) is 2.97. The third-order valence-corrected chi connectivity index (χ3v) is 2.97. The molecule has 1 aliphatic heterocycles. The Morgan fingerprint density at radius 1 is 1.28 bits per heavy atom. The van der Waals surface area contributed by atoms with Gasteiger partial charge in [0.05, 0.1) is 0 Å². The maximum absolute atomic E-state index is 13.7. The monoisotopic (exact) mass is 257 g/mol. The van der Waals surface area contributed by atoms with Gasteiger partial charge in [0.1, 0.15) is 12.1 Å². The van der Waals surface area contributed by atoms with Crippen LogP contribution in [-0.2, 0) is 10.3 Å². The zero-order valence-electron chi connectivity index (χ0n) is 10.3. The highest BCUT2D eigenvalue weighted by atomic mass is 19.2. The van der Waals surface area contributed by atoms with Crippen molar-refractivity contribution in [1.29, 1.82) is 0 Å². The number of aliphatic imine (C=N–C) groups is 1. The molecular weight excluding hydrogens is 243 g/mol. The van der Waals surface area contributed by atoms with Gasteiger partial charge in [-0.15, -0.1) is 0 Å². The summed E-state index contributed by atoms with van der Waals surface area (Å²) in [6, 6.07) is 2.13. The van der Waals surface area contributed by atoms with Crippen LogP contribution in [0, 0.1) is 17.5 Å². The molecule has 98 valence electrons. The number of hydrogen-bond acceptors (Lipinski definition) is 2. The highest BCUT2D eigenvalue weighted by Crippen LogP contribution is 2.34. The van der Waals surface area contributed by atoms with Gasteiger partial charge in [0.25, 0.3) is 0 Å². The molecule has 0 aliphatic carbocycles. The fourth-order valence-corrected chi connectivity index (χ4v) is 1.99. The lowest BCUT2D eigenvalue weighted by atomic mass is 9.93. The molecule has 0 fully saturated rings. The topological polar surface area (TPSA) is 21.6 Å². The molecule has 0 saturated carbocycles. The van der Waals surface area contributed by atoms with Gasteiger partial charge in [-0.2, -0.15) is 0 Å². The summed E-state index contributed by atoms with van der Waals surface area (Å²) >= 11 is 0. The van der Waals surface area contributed by atoms with Gasteiger partial charge in [0, 0.05) is 12.0 Å². The third kappa shape index (κ3) is 2.09. The molecule has 1 heterocycles. The quantitative estimate of drug-likeness (QED) is 0.759. The molecule has 1 aromatic carbocycles. The van der Waals surface area contributed by atoms with E-state index in [1.165, 1.54) is 6.07 Å². The van der Waals surface area contributed by atoms with Crippen molar-refractivity contribution in [3.8, 4) is 0 Å². The molecular formula is C13H14F3NO. The van der Waals surface area contributed by atoms with Crippen molar-refractivity contribution in [3.05, 3.63) is 35.1 Å². The van der Waals surface area contributed by atoms with Crippen molar-refractivity contribution in [2.75, 3.05) is 6.61 Å². The summed E-state index contributed by atoms with van der Waals surface area (Å²) in [6.07, 6.45) is 1.51. The predicted octanol–water partition coefficient (Wildman–Crippen LogP) is 3.55. The Labute approximate surface area is 103 Å². The highest BCUT2D eigenvalue weighted by molar-refractivity contribution is 5.78. The molecule has 0 spiro atoms. The summed E-state index contributed by atoms with van der Waals surface area (Å²) < 4.78 is 45.2. The first-order chi connectivity index (χ1) is 8.48. The van der Waals surface area contributed by atoms with E-state index in [0.717, 1.165) is 12.5 Å². The Kier molecular flexibility index (Phi) is 3.32. The van der Waals surface area contributed by atoms with Gasteiger partial charge in [-0.25, -0.2) is 18.2 Å². The van der Waals surface area contributed by atoms with Crippen LogP contribution in [-0.4, -0.2) is 12.5 Å². The maximum Gasteiger partial charge on any atom is 0.194 e. The standard InChI is InChI=1S/C13H14F3NO/c1-3-4-10-17-13(2,7-18-10)8-5-6-9(14)12(16)11(8)15/h5-6H,3-4,7H2,1-2H3. The van der Waals surface area contributed by atoms with Crippen LogP contribution < -0.4 is 0 Å². The smallest absolute Gasteiger partial charge is 0.194 e. The number of halogens is 3. The Bertz CT molecular complexity index is 501. The van der Waals surface area contributed by atoms with Crippen molar-refractivity contribution in [3.63, 3.8) is 0 Å². The first kappa shape index (κ1) is 12.9. The summed E-state index contributed by atoms with van der Waals surface area (Å²) in [5.74, 6) is -3.32. The minimum atomic E-state index is -1.46. The summed E-state index contributed by atoms with van der Waals surface area (Å²) in [4.78, 5) is 4.28. The molecule has 0 saturated heterocycles. The normalized spacial score (nSPS) is 22.8. The van der Waals surface area contributed by atoms with Gasteiger partial charge in [0.15, 0.2) is 23.3 Å². The average Bonchev–Trinajstić information content (AvgIpc) is 2.69.